The first-order valence-electron chi connectivity index (χ1n) is 4.93. The average Bonchev–Trinajstić information content (AvgIpc) is 2.53. The van der Waals surface area contributed by atoms with E-state index in [1.54, 1.807) is 0 Å². The van der Waals surface area contributed by atoms with Crippen LogP contribution in [0.3, 0.4) is 0 Å². The Labute approximate surface area is 79.5 Å². The van der Waals surface area contributed by atoms with Crippen molar-refractivity contribution in [3.8, 4) is 0 Å². The molecule has 0 radical (unpaired) electrons. The SMILES string of the molecule is CC(C)CNC(=O)NC1CCNC1. The van der Waals surface area contributed by atoms with Crippen LogP contribution in [0, 0.1) is 5.92 Å². The molecule has 0 aromatic rings. The Hall–Kier alpha value is -0.770. The summed E-state index contributed by atoms with van der Waals surface area (Å²) in [4.78, 5) is 11.3. The second-order valence-corrected chi connectivity index (χ2v) is 3.94. The number of carbonyl (C=O) groups excluding carboxylic acids is 1. The van der Waals surface area contributed by atoms with Crippen molar-refractivity contribution >= 4 is 6.03 Å². The molecule has 2 amide bonds. The van der Waals surface area contributed by atoms with Crippen molar-refractivity contribution in [2.45, 2.75) is 26.3 Å². The van der Waals surface area contributed by atoms with Gasteiger partial charge in [0.1, 0.15) is 0 Å². The number of hydrogen-bond acceptors (Lipinski definition) is 2. The van der Waals surface area contributed by atoms with Gasteiger partial charge in [-0.15, -0.1) is 0 Å². The Bertz CT molecular complexity index is 164. The Morgan fingerprint density at radius 3 is 2.92 bits per heavy atom. The fourth-order valence-corrected chi connectivity index (χ4v) is 1.31. The van der Waals surface area contributed by atoms with Crippen LogP contribution in [0.1, 0.15) is 20.3 Å². The largest absolute Gasteiger partial charge is 0.338 e. The third-order valence-corrected chi connectivity index (χ3v) is 2.07. The topological polar surface area (TPSA) is 53.2 Å². The third kappa shape index (κ3) is 4.12. The highest BCUT2D eigenvalue weighted by Crippen LogP contribution is 1.96. The van der Waals surface area contributed by atoms with Crippen LogP contribution in [0.2, 0.25) is 0 Å². The first kappa shape index (κ1) is 10.3. The van der Waals surface area contributed by atoms with Crippen LogP contribution in [0.25, 0.3) is 0 Å². The highest BCUT2D eigenvalue weighted by molar-refractivity contribution is 5.74. The van der Waals surface area contributed by atoms with E-state index >= 15 is 0 Å². The lowest BCUT2D eigenvalue weighted by Crippen LogP contribution is -2.44. The maximum absolute atomic E-state index is 11.3. The second kappa shape index (κ2) is 5.07. The second-order valence-electron chi connectivity index (χ2n) is 3.94. The summed E-state index contributed by atoms with van der Waals surface area (Å²) in [5.41, 5.74) is 0. The summed E-state index contributed by atoms with van der Waals surface area (Å²) in [6, 6.07) is 0.273. The van der Waals surface area contributed by atoms with Crippen molar-refractivity contribution in [1.82, 2.24) is 16.0 Å². The summed E-state index contributed by atoms with van der Waals surface area (Å²) in [6.45, 7) is 6.81. The van der Waals surface area contributed by atoms with Gasteiger partial charge in [0.15, 0.2) is 0 Å². The van der Waals surface area contributed by atoms with Gasteiger partial charge in [0.25, 0.3) is 0 Å². The minimum Gasteiger partial charge on any atom is -0.338 e. The van der Waals surface area contributed by atoms with Crippen molar-refractivity contribution in [2.24, 2.45) is 5.92 Å². The molecular weight excluding hydrogens is 166 g/mol. The first-order valence-corrected chi connectivity index (χ1v) is 4.93. The van der Waals surface area contributed by atoms with Crippen molar-refractivity contribution in [2.75, 3.05) is 19.6 Å². The maximum Gasteiger partial charge on any atom is 0.315 e. The molecule has 13 heavy (non-hydrogen) atoms. The lowest BCUT2D eigenvalue weighted by molar-refractivity contribution is 0.236. The number of carbonyl (C=O) groups is 1. The molecular formula is C9H19N3O. The van der Waals surface area contributed by atoms with Gasteiger partial charge in [-0.05, 0) is 18.9 Å². The number of rotatable bonds is 3. The summed E-state index contributed by atoms with van der Waals surface area (Å²) < 4.78 is 0. The Balaban J connectivity index is 2.09. The zero-order valence-electron chi connectivity index (χ0n) is 8.39. The van der Waals surface area contributed by atoms with Crippen molar-refractivity contribution in [3.05, 3.63) is 0 Å². The molecule has 1 unspecified atom stereocenters. The molecule has 1 atom stereocenters. The van der Waals surface area contributed by atoms with Crippen LogP contribution < -0.4 is 16.0 Å². The van der Waals surface area contributed by atoms with Crippen molar-refractivity contribution < 1.29 is 4.79 Å². The molecule has 0 spiro atoms. The molecule has 0 aliphatic carbocycles. The van der Waals surface area contributed by atoms with E-state index in [1.807, 2.05) is 0 Å². The minimum absolute atomic E-state index is 0.0394. The third-order valence-electron chi connectivity index (χ3n) is 2.07. The van der Waals surface area contributed by atoms with Gasteiger partial charge >= 0.3 is 6.03 Å². The van der Waals surface area contributed by atoms with E-state index < -0.39 is 0 Å². The van der Waals surface area contributed by atoms with Crippen LogP contribution in [-0.4, -0.2) is 31.7 Å². The van der Waals surface area contributed by atoms with Gasteiger partial charge in [-0.3, -0.25) is 0 Å². The molecule has 4 nitrogen and oxygen atoms in total. The van der Waals surface area contributed by atoms with Gasteiger partial charge in [-0.1, -0.05) is 13.8 Å². The molecule has 1 heterocycles. The van der Waals surface area contributed by atoms with E-state index in [4.69, 9.17) is 0 Å². The van der Waals surface area contributed by atoms with Gasteiger partial charge in [0.2, 0.25) is 0 Å². The Morgan fingerprint density at radius 2 is 2.38 bits per heavy atom. The van der Waals surface area contributed by atoms with E-state index in [9.17, 15) is 4.79 Å². The number of nitrogens with one attached hydrogen (secondary N) is 3. The lowest BCUT2D eigenvalue weighted by atomic mass is 10.2. The van der Waals surface area contributed by atoms with Crippen LogP contribution in [0.4, 0.5) is 4.79 Å². The zero-order chi connectivity index (χ0) is 9.68. The predicted molar refractivity (Wildman–Crippen MR) is 52.6 cm³/mol. The monoisotopic (exact) mass is 185 g/mol. The van der Waals surface area contributed by atoms with Crippen molar-refractivity contribution in [3.63, 3.8) is 0 Å². The minimum atomic E-state index is -0.0394. The summed E-state index contributed by atoms with van der Waals surface area (Å²) in [7, 11) is 0. The molecule has 1 fully saturated rings. The van der Waals surface area contributed by atoms with Crippen LogP contribution in [0.15, 0.2) is 0 Å². The number of urea groups is 1. The molecule has 4 heteroatoms. The summed E-state index contributed by atoms with van der Waals surface area (Å²) >= 11 is 0. The molecule has 0 aromatic carbocycles. The smallest absolute Gasteiger partial charge is 0.315 e. The predicted octanol–water partition coefficient (Wildman–Crippen LogP) is 0.304. The average molecular weight is 185 g/mol. The maximum atomic E-state index is 11.3. The summed E-state index contributed by atoms with van der Waals surface area (Å²) in [5.74, 6) is 0.507. The fraction of sp³-hybridized carbons (Fsp3) is 0.889. The summed E-state index contributed by atoms with van der Waals surface area (Å²) in [5, 5.41) is 8.95. The molecule has 0 saturated carbocycles. The molecule has 1 aliphatic rings. The van der Waals surface area contributed by atoms with E-state index in [-0.39, 0.29) is 6.03 Å². The van der Waals surface area contributed by atoms with Gasteiger partial charge in [-0.2, -0.15) is 0 Å². The van der Waals surface area contributed by atoms with Crippen LogP contribution in [-0.2, 0) is 0 Å². The van der Waals surface area contributed by atoms with Gasteiger partial charge in [-0.25, -0.2) is 4.79 Å². The van der Waals surface area contributed by atoms with Gasteiger partial charge in [0, 0.05) is 19.1 Å². The van der Waals surface area contributed by atoms with Crippen LogP contribution >= 0.6 is 0 Å². The lowest BCUT2D eigenvalue weighted by Gasteiger charge is -2.13. The quantitative estimate of drug-likeness (QED) is 0.592. The molecule has 3 N–H and O–H groups in total. The standard InChI is InChI=1S/C9H19N3O/c1-7(2)5-11-9(13)12-8-3-4-10-6-8/h7-8,10H,3-6H2,1-2H3,(H2,11,12,13). The molecule has 1 saturated heterocycles. The molecule has 0 bridgehead atoms. The normalized spacial score (nSPS) is 21.9. The first-order chi connectivity index (χ1) is 6.18. The highest BCUT2D eigenvalue weighted by atomic mass is 16.2. The molecule has 1 rings (SSSR count). The van der Waals surface area contributed by atoms with E-state index in [2.05, 4.69) is 29.8 Å². The number of hydrogen-bond donors (Lipinski definition) is 3. The van der Waals surface area contributed by atoms with E-state index in [0.29, 0.717) is 12.0 Å². The van der Waals surface area contributed by atoms with E-state index in [1.165, 1.54) is 0 Å². The zero-order valence-corrected chi connectivity index (χ0v) is 8.39. The van der Waals surface area contributed by atoms with Crippen molar-refractivity contribution in [1.29, 1.82) is 0 Å². The van der Waals surface area contributed by atoms with Gasteiger partial charge < -0.3 is 16.0 Å². The Kier molecular flexibility index (Phi) is 4.02. The number of amides is 2. The van der Waals surface area contributed by atoms with Gasteiger partial charge in [0.05, 0.1) is 0 Å². The molecule has 0 aromatic heterocycles. The summed E-state index contributed by atoms with van der Waals surface area (Å²) in [6.07, 6.45) is 1.04. The molecule has 76 valence electrons. The fourth-order valence-electron chi connectivity index (χ4n) is 1.31. The molecule has 1 aliphatic heterocycles. The van der Waals surface area contributed by atoms with Crippen LogP contribution in [0.5, 0.6) is 0 Å². The highest BCUT2D eigenvalue weighted by Gasteiger charge is 2.15. The van der Waals surface area contributed by atoms with E-state index in [0.717, 1.165) is 26.1 Å². The Morgan fingerprint density at radius 1 is 1.62 bits per heavy atom.